The van der Waals surface area contributed by atoms with Gasteiger partial charge >= 0.3 is 6.18 Å². The van der Waals surface area contributed by atoms with Gasteiger partial charge in [0.15, 0.2) is 0 Å². The molecule has 0 saturated heterocycles. The molecule has 23 heavy (non-hydrogen) atoms. The molecule has 0 unspecified atom stereocenters. The van der Waals surface area contributed by atoms with Crippen molar-refractivity contribution in [3.8, 4) is 0 Å². The molecule has 1 aliphatic carbocycles. The van der Waals surface area contributed by atoms with Crippen LogP contribution >= 0.6 is 0 Å². The topological polar surface area (TPSA) is 55.1 Å². The largest absolute Gasteiger partial charge is 0.416 e. The summed E-state index contributed by atoms with van der Waals surface area (Å²) in [6, 6.07) is 4.99. The minimum absolute atomic E-state index is 0.0200. The lowest BCUT2D eigenvalue weighted by Crippen LogP contribution is -2.33. The zero-order valence-electron chi connectivity index (χ0n) is 12.4. The molecule has 1 amide bonds. The Bertz CT molecular complexity index is 606. The van der Waals surface area contributed by atoms with E-state index in [1.807, 2.05) is 0 Å². The molecule has 2 rings (SSSR count). The van der Waals surface area contributed by atoms with Gasteiger partial charge in [0.25, 0.3) is 0 Å². The predicted molar refractivity (Wildman–Crippen MR) is 78.1 cm³/mol. The number of rotatable bonds is 6. The molecule has 0 bridgehead atoms. The Kier molecular flexibility index (Phi) is 5.09. The van der Waals surface area contributed by atoms with Crippen LogP contribution in [0.4, 0.5) is 17.6 Å². The zero-order chi connectivity index (χ0) is 17.1. The second-order valence-corrected chi connectivity index (χ2v) is 5.72. The summed E-state index contributed by atoms with van der Waals surface area (Å²) >= 11 is 0. The van der Waals surface area contributed by atoms with Crippen LogP contribution < -0.4 is 11.1 Å². The summed E-state index contributed by atoms with van der Waals surface area (Å²) in [5.41, 5.74) is 4.15. The van der Waals surface area contributed by atoms with Crippen molar-refractivity contribution in [2.45, 2.75) is 25.4 Å². The monoisotopic (exact) mass is 330 g/mol. The van der Waals surface area contributed by atoms with Crippen molar-refractivity contribution < 1.29 is 22.4 Å². The van der Waals surface area contributed by atoms with Gasteiger partial charge in [-0.15, -0.1) is 0 Å². The minimum Gasteiger partial charge on any atom is -0.352 e. The Labute approximate surface area is 131 Å². The van der Waals surface area contributed by atoms with Gasteiger partial charge in [-0.25, -0.2) is 4.39 Å². The van der Waals surface area contributed by atoms with Crippen molar-refractivity contribution in [2.75, 3.05) is 13.1 Å². The van der Waals surface area contributed by atoms with Crippen LogP contribution in [0.5, 0.6) is 0 Å². The molecule has 1 saturated carbocycles. The van der Waals surface area contributed by atoms with E-state index in [1.165, 1.54) is 12.1 Å². The molecular formula is C16H18F4N2O. The molecule has 0 aliphatic heterocycles. The van der Waals surface area contributed by atoms with E-state index < -0.39 is 23.0 Å². The summed E-state index contributed by atoms with van der Waals surface area (Å²) in [6.45, 7) is -0.211. The Hall–Kier alpha value is -1.89. The van der Waals surface area contributed by atoms with E-state index in [1.54, 1.807) is 6.07 Å². The summed E-state index contributed by atoms with van der Waals surface area (Å²) in [4.78, 5) is 12.2. The van der Waals surface area contributed by atoms with Gasteiger partial charge in [-0.3, -0.25) is 4.79 Å². The Morgan fingerprint density at radius 1 is 1.35 bits per heavy atom. The summed E-state index contributed by atoms with van der Waals surface area (Å²) in [6.07, 6.45) is -1.76. The van der Waals surface area contributed by atoms with Crippen LogP contribution in [0.1, 0.15) is 24.0 Å². The van der Waals surface area contributed by atoms with Crippen LogP contribution in [0.25, 0.3) is 0 Å². The van der Waals surface area contributed by atoms with Crippen LogP contribution in [0.3, 0.4) is 0 Å². The lowest BCUT2D eigenvalue weighted by Gasteiger charge is -2.16. The van der Waals surface area contributed by atoms with Crippen LogP contribution in [-0.4, -0.2) is 19.0 Å². The van der Waals surface area contributed by atoms with Gasteiger partial charge in [0.05, 0.1) is 11.0 Å². The highest BCUT2D eigenvalue weighted by Crippen LogP contribution is 2.49. The second kappa shape index (κ2) is 6.70. The SMILES string of the molecule is NC/C(F)=C/CNC(=O)C1(Cc2cccc(C(F)(F)F)c2)CC1. The van der Waals surface area contributed by atoms with Crippen molar-refractivity contribution in [2.24, 2.45) is 11.1 Å². The van der Waals surface area contributed by atoms with Crippen LogP contribution in [0.2, 0.25) is 0 Å². The molecule has 1 fully saturated rings. The number of amides is 1. The Morgan fingerprint density at radius 3 is 2.61 bits per heavy atom. The summed E-state index contributed by atoms with van der Waals surface area (Å²) in [7, 11) is 0. The minimum atomic E-state index is -4.40. The molecule has 0 radical (unpaired) electrons. The van der Waals surface area contributed by atoms with Crippen molar-refractivity contribution in [3.05, 3.63) is 47.3 Å². The van der Waals surface area contributed by atoms with Crippen molar-refractivity contribution >= 4 is 5.91 Å². The highest BCUT2D eigenvalue weighted by molar-refractivity contribution is 5.85. The van der Waals surface area contributed by atoms with E-state index >= 15 is 0 Å². The maximum absolute atomic E-state index is 12.9. The van der Waals surface area contributed by atoms with Gasteiger partial charge < -0.3 is 11.1 Å². The van der Waals surface area contributed by atoms with E-state index in [4.69, 9.17) is 5.73 Å². The number of alkyl halides is 3. The van der Waals surface area contributed by atoms with Gasteiger partial charge in [0.1, 0.15) is 5.83 Å². The molecule has 0 heterocycles. The zero-order valence-corrected chi connectivity index (χ0v) is 12.4. The number of halogens is 4. The fourth-order valence-electron chi connectivity index (χ4n) is 2.41. The quantitative estimate of drug-likeness (QED) is 0.788. The van der Waals surface area contributed by atoms with E-state index in [0.717, 1.165) is 12.1 Å². The maximum atomic E-state index is 12.9. The fourth-order valence-corrected chi connectivity index (χ4v) is 2.41. The molecule has 0 aromatic heterocycles. The van der Waals surface area contributed by atoms with Crippen LogP contribution in [0, 0.1) is 5.41 Å². The van der Waals surface area contributed by atoms with Crippen molar-refractivity contribution in [1.29, 1.82) is 0 Å². The van der Waals surface area contributed by atoms with Gasteiger partial charge in [0, 0.05) is 13.1 Å². The number of benzene rings is 1. The third-order valence-electron chi connectivity index (χ3n) is 3.91. The normalized spacial score (nSPS) is 17.0. The standard InChI is InChI=1S/C16H18F4N2O/c17-13(10-21)4-7-22-14(23)15(5-6-15)9-11-2-1-3-12(8-11)16(18,19)20/h1-4,8H,5-7,9-10,21H2,(H,22,23)/b13-4-. The Balaban J connectivity index is 2.00. The first kappa shape index (κ1) is 17.5. The summed E-state index contributed by atoms with van der Waals surface area (Å²) < 4.78 is 51.0. The highest BCUT2D eigenvalue weighted by atomic mass is 19.4. The molecule has 1 aliphatic rings. The van der Waals surface area contributed by atoms with Crippen molar-refractivity contribution in [1.82, 2.24) is 5.32 Å². The summed E-state index contributed by atoms with van der Waals surface area (Å²) in [5, 5.41) is 2.58. The fraction of sp³-hybridized carbons (Fsp3) is 0.438. The average Bonchev–Trinajstić information content (AvgIpc) is 3.27. The number of carbonyl (C=O) groups excluding carboxylic acids is 1. The molecule has 0 atom stereocenters. The van der Waals surface area contributed by atoms with Crippen LogP contribution in [-0.2, 0) is 17.4 Å². The lowest BCUT2D eigenvalue weighted by molar-refractivity contribution is -0.137. The van der Waals surface area contributed by atoms with E-state index in [9.17, 15) is 22.4 Å². The van der Waals surface area contributed by atoms with Crippen molar-refractivity contribution in [3.63, 3.8) is 0 Å². The van der Waals surface area contributed by atoms with Gasteiger partial charge in [-0.2, -0.15) is 13.2 Å². The Morgan fingerprint density at radius 2 is 2.04 bits per heavy atom. The van der Waals surface area contributed by atoms with Gasteiger partial charge in [0.2, 0.25) is 5.91 Å². The molecular weight excluding hydrogens is 312 g/mol. The van der Waals surface area contributed by atoms with E-state index in [-0.39, 0.29) is 25.4 Å². The smallest absolute Gasteiger partial charge is 0.352 e. The second-order valence-electron chi connectivity index (χ2n) is 5.72. The lowest BCUT2D eigenvalue weighted by atomic mass is 9.94. The van der Waals surface area contributed by atoms with E-state index in [0.29, 0.717) is 18.4 Å². The average molecular weight is 330 g/mol. The number of hydrogen-bond donors (Lipinski definition) is 2. The number of nitrogens with one attached hydrogen (secondary N) is 1. The third-order valence-corrected chi connectivity index (χ3v) is 3.91. The van der Waals surface area contributed by atoms with Gasteiger partial charge in [-0.05, 0) is 37.0 Å². The highest BCUT2D eigenvalue weighted by Gasteiger charge is 2.49. The first-order chi connectivity index (χ1) is 10.8. The predicted octanol–water partition coefficient (Wildman–Crippen LogP) is 2.96. The summed E-state index contributed by atoms with van der Waals surface area (Å²) in [5.74, 6) is -0.788. The number of nitrogens with two attached hydrogens (primary N) is 1. The molecule has 1 aromatic carbocycles. The molecule has 3 N–H and O–H groups in total. The first-order valence-electron chi connectivity index (χ1n) is 7.26. The van der Waals surface area contributed by atoms with Crippen LogP contribution in [0.15, 0.2) is 36.2 Å². The molecule has 7 heteroatoms. The molecule has 126 valence electrons. The number of hydrogen-bond acceptors (Lipinski definition) is 2. The van der Waals surface area contributed by atoms with Gasteiger partial charge in [-0.1, -0.05) is 18.2 Å². The molecule has 0 spiro atoms. The maximum Gasteiger partial charge on any atom is 0.416 e. The first-order valence-corrected chi connectivity index (χ1v) is 7.26. The molecule has 3 nitrogen and oxygen atoms in total. The van der Waals surface area contributed by atoms with E-state index in [2.05, 4.69) is 5.32 Å². The molecule has 1 aromatic rings. The third kappa shape index (κ3) is 4.54. The number of carbonyl (C=O) groups is 1.